The van der Waals surface area contributed by atoms with Gasteiger partial charge in [0.05, 0.1) is 12.7 Å². The molecule has 0 aromatic heterocycles. The second kappa shape index (κ2) is 23.6. The summed E-state index contributed by atoms with van der Waals surface area (Å²) < 4.78 is 21.2. The number of alkyl carbamates (subject to hydrolysis) is 3. The summed E-state index contributed by atoms with van der Waals surface area (Å²) in [7, 11) is 1.37. The van der Waals surface area contributed by atoms with E-state index in [1.807, 2.05) is 60.7 Å². The number of carbonyl (C=O) groups excluding carboxylic acids is 6. The Kier molecular flexibility index (Phi) is 18.6. The minimum Gasteiger partial charge on any atom is -0.496 e. The van der Waals surface area contributed by atoms with E-state index in [0.717, 1.165) is 11.1 Å². The Balaban J connectivity index is 1.54. The zero-order valence-corrected chi connectivity index (χ0v) is 32.9. The molecule has 0 aliphatic carbocycles. The molecule has 16 nitrogen and oxygen atoms in total. The van der Waals surface area contributed by atoms with Gasteiger partial charge in [-0.25, -0.2) is 14.4 Å². The Hall–Kier alpha value is -6.32. The van der Waals surface area contributed by atoms with Crippen molar-refractivity contribution < 1.29 is 47.7 Å². The highest BCUT2D eigenvalue weighted by Crippen LogP contribution is 2.24. The van der Waals surface area contributed by atoms with Crippen LogP contribution in [-0.4, -0.2) is 73.9 Å². The molecule has 3 rings (SSSR count). The van der Waals surface area contributed by atoms with Crippen molar-refractivity contribution in [2.24, 2.45) is 5.73 Å². The smallest absolute Gasteiger partial charge is 0.408 e. The number of nitrogens with one attached hydrogen (secondary N) is 5. The fraction of sp³-hybridized carbons (Fsp3) is 0.415. The molecule has 7 N–H and O–H groups in total. The van der Waals surface area contributed by atoms with Crippen molar-refractivity contribution >= 4 is 41.7 Å². The van der Waals surface area contributed by atoms with E-state index in [4.69, 9.17) is 24.7 Å². The normalized spacial score (nSPS) is 11.9. The zero-order chi connectivity index (χ0) is 41.6. The number of anilines is 1. The van der Waals surface area contributed by atoms with Crippen LogP contribution in [0.15, 0.2) is 78.9 Å². The molecule has 0 saturated heterocycles. The number of ether oxygens (including phenoxy) is 4. The van der Waals surface area contributed by atoms with Crippen LogP contribution in [0.2, 0.25) is 0 Å². The fourth-order valence-electron chi connectivity index (χ4n) is 5.31. The zero-order valence-electron chi connectivity index (χ0n) is 32.9. The van der Waals surface area contributed by atoms with Crippen LogP contribution in [0.25, 0.3) is 0 Å². The van der Waals surface area contributed by atoms with Gasteiger partial charge in [0.15, 0.2) is 0 Å². The lowest BCUT2D eigenvalue weighted by atomic mass is 10.1. The van der Waals surface area contributed by atoms with Crippen LogP contribution in [0.4, 0.5) is 20.1 Å². The predicted octanol–water partition coefficient (Wildman–Crippen LogP) is 5.30. The van der Waals surface area contributed by atoms with Crippen LogP contribution in [0.5, 0.6) is 5.75 Å². The van der Waals surface area contributed by atoms with Crippen LogP contribution in [-0.2, 0) is 37.0 Å². The van der Waals surface area contributed by atoms with E-state index in [2.05, 4.69) is 26.6 Å². The van der Waals surface area contributed by atoms with E-state index in [-0.39, 0.29) is 56.1 Å². The van der Waals surface area contributed by atoms with Crippen LogP contribution >= 0.6 is 0 Å². The molecule has 57 heavy (non-hydrogen) atoms. The van der Waals surface area contributed by atoms with Crippen molar-refractivity contribution in [3.05, 3.63) is 95.6 Å². The molecular weight excluding hydrogens is 736 g/mol. The van der Waals surface area contributed by atoms with Crippen LogP contribution in [0, 0.1) is 0 Å². The van der Waals surface area contributed by atoms with Gasteiger partial charge in [0.1, 0.15) is 36.6 Å². The summed E-state index contributed by atoms with van der Waals surface area (Å²) in [6.45, 7) is 5.91. The monoisotopic (exact) mass is 790 g/mol. The van der Waals surface area contributed by atoms with E-state index in [1.165, 1.54) is 25.3 Å². The highest BCUT2D eigenvalue weighted by Gasteiger charge is 2.26. The maximum Gasteiger partial charge on any atom is 0.408 e. The first-order valence-electron chi connectivity index (χ1n) is 18.7. The summed E-state index contributed by atoms with van der Waals surface area (Å²) in [5.74, 6) is -1.84. The summed E-state index contributed by atoms with van der Waals surface area (Å²) in [4.78, 5) is 76.0. The van der Waals surface area contributed by atoms with Gasteiger partial charge in [-0.2, -0.15) is 0 Å². The van der Waals surface area contributed by atoms with Gasteiger partial charge in [-0.05, 0) is 88.6 Å². The summed E-state index contributed by atoms with van der Waals surface area (Å²) in [5, 5.41) is 13.3. The van der Waals surface area contributed by atoms with Crippen molar-refractivity contribution in [3.8, 4) is 5.75 Å². The highest BCUT2D eigenvalue weighted by atomic mass is 16.6. The lowest BCUT2D eigenvalue weighted by Gasteiger charge is -2.23. The van der Waals surface area contributed by atoms with Gasteiger partial charge in [0.2, 0.25) is 11.8 Å². The molecule has 0 radical (unpaired) electrons. The maximum absolute atomic E-state index is 13.5. The Labute approximate surface area is 332 Å². The van der Waals surface area contributed by atoms with E-state index in [0.29, 0.717) is 25.7 Å². The molecule has 0 aliphatic heterocycles. The van der Waals surface area contributed by atoms with Crippen LogP contribution < -0.4 is 37.1 Å². The number of hydrogen-bond donors (Lipinski definition) is 6. The third kappa shape index (κ3) is 17.8. The van der Waals surface area contributed by atoms with Gasteiger partial charge in [0.25, 0.3) is 5.91 Å². The summed E-state index contributed by atoms with van der Waals surface area (Å²) >= 11 is 0. The number of nitrogens with two attached hydrogens (primary N) is 1. The fourth-order valence-corrected chi connectivity index (χ4v) is 5.31. The van der Waals surface area contributed by atoms with Gasteiger partial charge < -0.3 is 51.3 Å². The second-order valence-corrected chi connectivity index (χ2v) is 14.0. The molecule has 0 bridgehead atoms. The number of carbonyl (C=O) groups is 6. The largest absolute Gasteiger partial charge is 0.496 e. The quantitative estimate of drug-likeness (QED) is 0.0603. The molecular formula is C41H54N6O10. The first-order valence-corrected chi connectivity index (χ1v) is 18.7. The molecule has 0 unspecified atom stereocenters. The highest BCUT2D eigenvalue weighted by molar-refractivity contribution is 6.02. The maximum atomic E-state index is 13.5. The van der Waals surface area contributed by atoms with Crippen molar-refractivity contribution in [1.82, 2.24) is 21.3 Å². The minimum atomic E-state index is -1.04. The molecule has 0 saturated carbocycles. The van der Waals surface area contributed by atoms with Crippen molar-refractivity contribution in [3.63, 3.8) is 0 Å². The molecule has 3 aromatic carbocycles. The Bertz CT molecular complexity index is 1770. The van der Waals surface area contributed by atoms with E-state index in [1.54, 1.807) is 20.8 Å². The summed E-state index contributed by atoms with van der Waals surface area (Å²) in [6.07, 6.45) is 0.294. The van der Waals surface area contributed by atoms with Gasteiger partial charge in [-0.3, -0.25) is 14.4 Å². The van der Waals surface area contributed by atoms with Gasteiger partial charge in [-0.15, -0.1) is 0 Å². The number of benzene rings is 3. The average Bonchev–Trinajstić information content (AvgIpc) is 3.18. The number of methoxy groups -OCH3 is 1. The topological polar surface area (TPSA) is 226 Å². The molecule has 6 amide bonds. The number of hydrogen-bond acceptors (Lipinski definition) is 10. The van der Waals surface area contributed by atoms with Crippen molar-refractivity contribution in [1.29, 1.82) is 0 Å². The third-order valence-electron chi connectivity index (χ3n) is 8.17. The third-order valence-corrected chi connectivity index (χ3v) is 8.17. The first kappa shape index (κ1) is 45.1. The van der Waals surface area contributed by atoms with E-state index < -0.39 is 53.7 Å². The Morgan fingerprint density at radius 3 is 1.68 bits per heavy atom. The number of primary amides is 1. The van der Waals surface area contributed by atoms with E-state index in [9.17, 15) is 28.8 Å². The lowest BCUT2D eigenvalue weighted by Crippen LogP contribution is -2.46. The molecule has 0 aliphatic rings. The molecule has 308 valence electrons. The SMILES string of the molecule is COc1ccc(NC(=O)[C@H](CCCCNC(=O)OCc2ccccc2)NC(=O)OC(C)(C)C)cc1C(=O)N[C@@H](CCCCNC(=O)OCc1ccccc1)C(N)=O. The van der Waals surface area contributed by atoms with Crippen LogP contribution in [0.1, 0.15) is 80.8 Å². The number of unbranched alkanes of at least 4 members (excludes halogenated alkanes) is 2. The molecule has 0 spiro atoms. The standard InChI is InChI=1S/C41H54N6O10/c1-41(2,3)57-40(53)47-33(20-12-14-24-44-39(52)56-27-29-17-9-6-10-18-29)37(50)45-30-21-22-34(54-4)31(25-30)36(49)46-32(35(42)48)19-11-13-23-43-38(51)55-26-28-15-7-5-8-16-28/h5-10,15-18,21-22,25,32-33H,11-14,19-20,23-24,26-27H2,1-4H3,(H2,42,48)(H,43,51)(H,44,52)(H,45,50)(H,46,49)(H,47,53)/t32-,33-/m0/s1. The summed E-state index contributed by atoms with van der Waals surface area (Å²) in [5.41, 5.74) is 6.73. The van der Waals surface area contributed by atoms with Gasteiger partial charge in [-0.1, -0.05) is 60.7 Å². The van der Waals surface area contributed by atoms with Gasteiger partial charge >= 0.3 is 18.3 Å². The van der Waals surface area contributed by atoms with Crippen LogP contribution in [0.3, 0.4) is 0 Å². The molecule has 3 aromatic rings. The minimum absolute atomic E-state index is 0.0197. The van der Waals surface area contributed by atoms with E-state index >= 15 is 0 Å². The number of amides is 6. The molecule has 16 heteroatoms. The van der Waals surface area contributed by atoms with Crippen molar-refractivity contribution in [2.75, 3.05) is 25.5 Å². The summed E-state index contributed by atoms with van der Waals surface area (Å²) in [6, 6.07) is 20.8. The molecule has 2 atom stereocenters. The first-order chi connectivity index (χ1) is 27.2. The second-order valence-electron chi connectivity index (χ2n) is 14.0. The Morgan fingerprint density at radius 2 is 1.19 bits per heavy atom. The number of rotatable bonds is 21. The average molecular weight is 791 g/mol. The predicted molar refractivity (Wildman–Crippen MR) is 212 cm³/mol. The van der Waals surface area contributed by atoms with Gasteiger partial charge in [0, 0.05) is 18.8 Å². The van der Waals surface area contributed by atoms with Crippen molar-refractivity contribution in [2.45, 2.75) is 90.2 Å². The molecule has 0 fully saturated rings. The Morgan fingerprint density at radius 1 is 0.667 bits per heavy atom. The lowest BCUT2D eigenvalue weighted by molar-refractivity contribution is -0.120. The molecule has 0 heterocycles.